The highest BCUT2D eigenvalue weighted by molar-refractivity contribution is 5.83. The summed E-state index contributed by atoms with van der Waals surface area (Å²) in [4.78, 5) is 28.1. The Morgan fingerprint density at radius 3 is 2.33 bits per heavy atom. The summed E-state index contributed by atoms with van der Waals surface area (Å²) in [6.45, 7) is 12.9. The molecule has 0 bridgehead atoms. The van der Waals surface area contributed by atoms with Crippen LogP contribution in [-0.4, -0.2) is 52.8 Å². The molecule has 21 heavy (non-hydrogen) atoms. The molecule has 2 N–H and O–H groups in total. The minimum absolute atomic E-state index is 0.0114. The van der Waals surface area contributed by atoms with E-state index in [-0.39, 0.29) is 29.3 Å². The lowest BCUT2D eigenvalue weighted by atomic mass is 9.86. The molecule has 2 atom stereocenters. The average Bonchev–Trinajstić information content (AvgIpc) is 2.80. The van der Waals surface area contributed by atoms with Gasteiger partial charge in [0.25, 0.3) is 0 Å². The summed E-state index contributed by atoms with van der Waals surface area (Å²) >= 11 is 0. The Morgan fingerprint density at radius 2 is 1.90 bits per heavy atom. The first-order valence-electron chi connectivity index (χ1n) is 7.89. The summed E-state index contributed by atoms with van der Waals surface area (Å²) in [6.07, 6.45) is 1.93. The number of amides is 2. The monoisotopic (exact) mass is 297 g/mol. The summed E-state index contributed by atoms with van der Waals surface area (Å²) in [5.41, 5.74) is 5.87. The Hall–Kier alpha value is -1.10. The lowest BCUT2D eigenvalue weighted by Crippen LogP contribution is -2.54. The van der Waals surface area contributed by atoms with Crippen LogP contribution in [0.5, 0.6) is 0 Å². The quantitative estimate of drug-likeness (QED) is 0.857. The first-order valence-corrected chi connectivity index (χ1v) is 7.89. The van der Waals surface area contributed by atoms with Crippen molar-refractivity contribution in [1.29, 1.82) is 0 Å². The van der Waals surface area contributed by atoms with Crippen molar-refractivity contribution in [2.75, 3.05) is 13.1 Å². The smallest absolute Gasteiger partial charge is 0.240 e. The second kappa shape index (κ2) is 6.77. The van der Waals surface area contributed by atoms with Crippen molar-refractivity contribution >= 4 is 11.8 Å². The lowest BCUT2D eigenvalue weighted by molar-refractivity contribution is -0.139. The van der Waals surface area contributed by atoms with Crippen molar-refractivity contribution in [3.05, 3.63) is 0 Å². The molecule has 0 radical (unpaired) electrons. The van der Waals surface area contributed by atoms with E-state index in [9.17, 15) is 9.59 Å². The van der Waals surface area contributed by atoms with Crippen molar-refractivity contribution in [2.45, 2.75) is 72.5 Å². The molecule has 5 heteroatoms. The van der Waals surface area contributed by atoms with Gasteiger partial charge in [-0.25, -0.2) is 0 Å². The van der Waals surface area contributed by atoms with E-state index < -0.39 is 6.04 Å². The predicted molar refractivity (Wildman–Crippen MR) is 84.7 cm³/mol. The molecule has 0 aromatic rings. The maximum Gasteiger partial charge on any atom is 0.240 e. The van der Waals surface area contributed by atoms with E-state index in [0.29, 0.717) is 6.54 Å². The fourth-order valence-corrected chi connectivity index (χ4v) is 2.79. The molecular formula is C16H31N3O2. The van der Waals surface area contributed by atoms with E-state index in [1.165, 1.54) is 0 Å². The molecular weight excluding hydrogens is 266 g/mol. The number of nitrogens with zero attached hydrogens (tertiary/aromatic N) is 2. The van der Waals surface area contributed by atoms with Gasteiger partial charge in [-0.3, -0.25) is 9.59 Å². The molecule has 2 amide bonds. The third kappa shape index (κ3) is 4.43. The normalized spacial score (nSPS) is 20.8. The molecule has 1 aliphatic heterocycles. The molecule has 122 valence electrons. The van der Waals surface area contributed by atoms with Crippen molar-refractivity contribution in [2.24, 2.45) is 11.1 Å². The molecule has 1 heterocycles. The summed E-state index contributed by atoms with van der Waals surface area (Å²) in [7, 11) is 0. The molecule has 1 saturated heterocycles. The van der Waals surface area contributed by atoms with E-state index in [0.717, 1.165) is 19.4 Å². The number of hydrogen-bond donors (Lipinski definition) is 1. The second-order valence-corrected chi connectivity index (χ2v) is 7.44. The van der Waals surface area contributed by atoms with Gasteiger partial charge in [0.1, 0.15) is 0 Å². The molecule has 1 aliphatic rings. The first-order chi connectivity index (χ1) is 9.55. The molecule has 0 spiro atoms. The van der Waals surface area contributed by atoms with E-state index in [1.54, 1.807) is 6.92 Å². The summed E-state index contributed by atoms with van der Waals surface area (Å²) in [6, 6.07) is -0.253. The maximum atomic E-state index is 12.6. The van der Waals surface area contributed by atoms with E-state index in [1.807, 2.05) is 44.4 Å². The predicted octanol–water partition coefficient (Wildman–Crippen LogP) is 1.61. The summed E-state index contributed by atoms with van der Waals surface area (Å²) < 4.78 is 0. The van der Waals surface area contributed by atoms with Gasteiger partial charge >= 0.3 is 0 Å². The van der Waals surface area contributed by atoms with Crippen LogP contribution < -0.4 is 5.73 Å². The molecule has 1 rings (SSSR count). The van der Waals surface area contributed by atoms with Crippen molar-refractivity contribution in [1.82, 2.24) is 9.80 Å². The third-order valence-corrected chi connectivity index (χ3v) is 4.29. The van der Waals surface area contributed by atoms with Gasteiger partial charge in [-0.2, -0.15) is 0 Å². The number of likely N-dealkylation sites (tertiary alicyclic amines) is 1. The Kier molecular flexibility index (Phi) is 5.79. The average molecular weight is 297 g/mol. The van der Waals surface area contributed by atoms with Crippen LogP contribution in [0.2, 0.25) is 0 Å². The number of rotatable bonds is 4. The van der Waals surface area contributed by atoms with Crippen molar-refractivity contribution < 1.29 is 9.59 Å². The van der Waals surface area contributed by atoms with Crippen molar-refractivity contribution in [3.8, 4) is 0 Å². The number of carbonyl (C=O) groups excluding carboxylic acids is 2. The van der Waals surface area contributed by atoms with Gasteiger partial charge in [0.15, 0.2) is 0 Å². The van der Waals surface area contributed by atoms with Crippen LogP contribution >= 0.6 is 0 Å². The fourth-order valence-electron chi connectivity index (χ4n) is 2.79. The fraction of sp³-hybridized carbons (Fsp3) is 0.875. The van der Waals surface area contributed by atoms with E-state index in [2.05, 4.69) is 0 Å². The maximum absolute atomic E-state index is 12.6. The molecule has 1 unspecified atom stereocenters. The molecule has 5 nitrogen and oxygen atoms in total. The SMILES string of the molecule is CC(=O)N(CC1CCCN1C(=O)[C@@H](N)C(C)(C)C)C(C)C. The summed E-state index contributed by atoms with van der Waals surface area (Å²) in [5, 5.41) is 0. The van der Waals surface area contributed by atoms with Crippen LogP contribution in [0.15, 0.2) is 0 Å². The minimum Gasteiger partial charge on any atom is -0.338 e. The molecule has 0 aromatic heterocycles. The molecule has 0 aliphatic carbocycles. The van der Waals surface area contributed by atoms with Gasteiger partial charge in [-0.05, 0) is 32.1 Å². The minimum atomic E-state index is -0.497. The van der Waals surface area contributed by atoms with Gasteiger partial charge < -0.3 is 15.5 Å². The Balaban J connectivity index is 2.80. The van der Waals surface area contributed by atoms with Crippen LogP contribution in [-0.2, 0) is 9.59 Å². The van der Waals surface area contributed by atoms with Gasteiger partial charge in [0, 0.05) is 32.1 Å². The molecule has 1 fully saturated rings. The highest BCUT2D eigenvalue weighted by Crippen LogP contribution is 2.25. The lowest BCUT2D eigenvalue weighted by Gasteiger charge is -2.36. The highest BCUT2D eigenvalue weighted by atomic mass is 16.2. The number of nitrogens with two attached hydrogens (primary N) is 1. The second-order valence-electron chi connectivity index (χ2n) is 7.44. The molecule has 0 saturated carbocycles. The Morgan fingerprint density at radius 1 is 1.33 bits per heavy atom. The van der Waals surface area contributed by atoms with Crippen LogP contribution in [0.3, 0.4) is 0 Å². The van der Waals surface area contributed by atoms with Crippen molar-refractivity contribution in [3.63, 3.8) is 0 Å². The zero-order chi connectivity index (χ0) is 16.4. The van der Waals surface area contributed by atoms with Crippen LogP contribution in [0.4, 0.5) is 0 Å². The van der Waals surface area contributed by atoms with Gasteiger partial charge in [-0.15, -0.1) is 0 Å². The summed E-state index contributed by atoms with van der Waals surface area (Å²) in [5.74, 6) is 0.0710. The van der Waals surface area contributed by atoms with Crippen LogP contribution in [0.1, 0.15) is 54.4 Å². The van der Waals surface area contributed by atoms with Gasteiger partial charge in [0.2, 0.25) is 11.8 Å². The first kappa shape index (κ1) is 18.0. The van der Waals surface area contributed by atoms with Crippen LogP contribution in [0, 0.1) is 5.41 Å². The number of hydrogen-bond acceptors (Lipinski definition) is 3. The van der Waals surface area contributed by atoms with Gasteiger partial charge in [0.05, 0.1) is 6.04 Å². The highest BCUT2D eigenvalue weighted by Gasteiger charge is 2.37. The zero-order valence-electron chi connectivity index (χ0n) is 14.3. The van der Waals surface area contributed by atoms with Gasteiger partial charge in [-0.1, -0.05) is 20.8 Å². The third-order valence-electron chi connectivity index (χ3n) is 4.29. The zero-order valence-corrected chi connectivity index (χ0v) is 14.3. The standard InChI is InChI=1S/C16H31N3O2/c1-11(2)19(12(3)20)10-13-8-7-9-18(13)15(21)14(17)16(4,5)6/h11,13-14H,7-10,17H2,1-6H3/t13?,14-/m1/s1. The Bertz CT molecular complexity index is 387. The van der Waals surface area contributed by atoms with E-state index in [4.69, 9.17) is 5.73 Å². The molecule has 0 aromatic carbocycles. The topological polar surface area (TPSA) is 66.6 Å². The Labute approximate surface area is 128 Å². The number of carbonyl (C=O) groups is 2. The van der Waals surface area contributed by atoms with Crippen LogP contribution in [0.25, 0.3) is 0 Å². The van der Waals surface area contributed by atoms with E-state index >= 15 is 0 Å². The largest absolute Gasteiger partial charge is 0.338 e.